The Morgan fingerprint density at radius 1 is 1.35 bits per heavy atom. The van der Waals surface area contributed by atoms with Crippen LogP contribution in [0, 0.1) is 0 Å². The fraction of sp³-hybridized carbons (Fsp3) is 0.500. The molecule has 1 heterocycles. The minimum Gasteiger partial charge on any atom is -0.493 e. The van der Waals surface area contributed by atoms with Gasteiger partial charge in [0.05, 0.1) is 31.9 Å². The Morgan fingerprint density at radius 2 is 2.00 bits per heavy atom. The molecule has 1 aromatic rings. The lowest BCUT2D eigenvalue weighted by Crippen LogP contribution is -2.39. The van der Waals surface area contributed by atoms with Crippen LogP contribution in [0.5, 0.6) is 11.5 Å². The van der Waals surface area contributed by atoms with E-state index in [9.17, 15) is 4.79 Å². The van der Waals surface area contributed by atoms with Gasteiger partial charge in [0, 0.05) is 18.4 Å². The summed E-state index contributed by atoms with van der Waals surface area (Å²) in [4.78, 5) is 12.3. The highest BCUT2D eigenvalue weighted by molar-refractivity contribution is 6.00. The standard InChI is InChI=1S/C14H20N2O4/c1-8-11(4-5-20-8)16-14(17)9-6-12(18-2)13(19-3)7-10(9)15/h6-8,11H,4-5,15H2,1-3H3,(H,16,17). The first kappa shape index (κ1) is 14.5. The number of nitrogens with two attached hydrogens (primary N) is 1. The van der Waals surface area contributed by atoms with Crippen molar-refractivity contribution in [3.05, 3.63) is 17.7 Å². The van der Waals surface area contributed by atoms with E-state index in [4.69, 9.17) is 19.9 Å². The number of nitrogen functional groups attached to an aromatic ring is 1. The van der Waals surface area contributed by atoms with E-state index < -0.39 is 0 Å². The van der Waals surface area contributed by atoms with Crippen LogP contribution in [0.15, 0.2) is 12.1 Å². The predicted octanol–water partition coefficient (Wildman–Crippen LogP) is 1.19. The van der Waals surface area contributed by atoms with E-state index in [-0.39, 0.29) is 18.1 Å². The minimum absolute atomic E-state index is 0.00926. The van der Waals surface area contributed by atoms with Crippen molar-refractivity contribution in [1.29, 1.82) is 0 Å². The van der Waals surface area contributed by atoms with Gasteiger partial charge < -0.3 is 25.3 Å². The molecule has 6 nitrogen and oxygen atoms in total. The summed E-state index contributed by atoms with van der Waals surface area (Å²) in [5, 5.41) is 2.93. The molecule has 0 radical (unpaired) electrons. The smallest absolute Gasteiger partial charge is 0.253 e. The van der Waals surface area contributed by atoms with Gasteiger partial charge in [-0.1, -0.05) is 0 Å². The number of anilines is 1. The van der Waals surface area contributed by atoms with Crippen LogP contribution < -0.4 is 20.5 Å². The molecule has 1 aliphatic rings. The number of methoxy groups -OCH3 is 2. The van der Waals surface area contributed by atoms with Gasteiger partial charge in [-0.15, -0.1) is 0 Å². The Morgan fingerprint density at radius 3 is 2.55 bits per heavy atom. The third-order valence-corrected chi connectivity index (χ3v) is 3.49. The maximum absolute atomic E-state index is 12.3. The Labute approximate surface area is 118 Å². The van der Waals surface area contributed by atoms with Crippen LogP contribution in [0.25, 0.3) is 0 Å². The second-order valence-corrected chi connectivity index (χ2v) is 4.74. The van der Waals surface area contributed by atoms with Crippen LogP contribution in [0.1, 0.15) is 23.7 Å². The molecule has 1 amide bonds. The fourth-order valence-electron chi connectivity index (χ4n) is 2.26. The number of hydrogen-bond acceptors (Lipinski definition) is 5. The van der Waals surface area contributed by atoms with E-state index in [0.29, 0.717) is 29.4 Å². The summed E-state index contributed by atoms with van der Waals surface area (Å²) < 4.78 is 15.8. The van der Waals surface area contributed by atoms with Gasteiger partial charge in [0.1, 0.15) is 0 Å². The van der Waals surface area contributed by atoms with Gasteiger partial charge in [-0.05, 0) is 19.4 Å². The molecule has 2 rings (SSSR count). The molecule has 3 N–H and O–H groups in total. The second kappa shape index (κ2) is 6.00. The Kier molecular flexibility index (Phi) is 4.34. The molecule has 110 valence electrons. The van der Waals surface area contributed by atoms with Gasteiger partial charge in [-0.25, -0.2) is 0 Å². The summed E-state index contributed by atoms with van der Waals surface area (Å²) in [5.41, 5.74) is 6.63. The van der Waals surface area contributed by atoms with Gasteiger partial charge in [-0.2, -0.15) is 0 Å². The summed E-state index contributed by atoms with van der Waals surface area (Å²) >= 11 is 0. The molecular weight excluding hydrogens is 260 g/mol. The maximum atomic E-state index is 12.3. The topological polar surface area (TPSA) is 82.8 Å². The molecule has 6 heteroatoms. The van der Waals surface area contributed by atoms with Gasteiger partial charge in [-0.3, -0.25) is 4.79 Å². The number of ether oxygens (including phenoxy) is 3. The van der Waals surface area contributed by atoms with Crippen molar-refractivity contribution in [3.63, 3.8) is 0 Å². The van der Waals surface area contributed by atoms with Crippen LogP contribution in [0.3, 0.4) is 0 Å². The lowest BCUT2D eigenvalue weighted by molar-refractivity contribution is 0.0866. The zero-order chi connectivity index (χ0) is 14.7. The summed E-state index contributed by atoms with van der Waals surface area (Å²) in [6.07, 6.45) is 0.820. The lowest BCUT2D eigenvalue weighted by Gasteiger charge is -2.17. The largest absolute Gasteiger partial charge is 0.493 e. The van der Waals surface area contributed by atoms with Crippen molar-refractivity contribution in [2.24, 2.45) is 0 Å². The molecule has 0 bridgehead atoms. The summed E-state index contributed by atoms with van der Waals surface area (Å²) in [5.74, 6) is 0.743. The number of nitrogens with one attached hydrogen (secondary N) is 1. The number of hydrogen-bond donors (Lipinski definition) is 2. The molecule has 2 unspecified atom stereocenters. The van der Waals surface area contributed by atoms with Crippen molar-refractivity contribution in [1.82, 2.24) is 5.32 Å². The molecule has 1 aromatic carbocycles. The monoisotopic (exact) mass is 280 g/mol. The van der Waals surface area contributed by atoms with Crippen LogP contribution in [0.4, 0.5) is 5.69 Å². The van der Waals surface area contributed by atoms with E-state index in [1.54, 1.807) is 12.1 Å². The average Bonchev–Trinajstić information content (AvgIpc) is 2.83. The van der Waals surface area contributed by atoms with E-state index in [0.717, 1.165) is 6.42 Å². The van der Waals surface area contributed by atoms with Crippen molar-refractivity contribution in [2.45, 2.75) is 25.5 Å². The van der Waals surface area contributed by atoms with Crippen LogP contribution in [0.2, 0.25) is 0 Å². The highest BCUT2D eigenvalue weighted by Crippen LogP contribution is 2.32. The SMILES string of the molecule is COc1cc(N)c(C(=O)NC2CCOC2C)cc1OC. The molecule has 1 fully saturated rings. The number of rotatable bonds is 4. The lowest BCUT2D eigenvalue weighted by atomic mass is 10.1. The van der Waals surface area contributed by atoms with E-state index in [2.05, 4.69) is 5.32 Å². The van der Waals surface area contributed by atoms with E-state index >= 15 is 0 Å². The third kappa shape index (κ3) is 2.80. The van der Waals surface area contributed by atoms with Gasteiger partial charge >= 0.3 is 0 Å². The van der Waals surface area contributed by atoms with Crippen molar-refractivity contribution >= 4 is 11.6 Å². The zero-order valence-electron chi connectivity index (χ0n) is 11.9. The first-order chi connectivity index (χ1) is 9.56. The normalized spacial score (nSPS) is 21.6. The molecule has 2 atom stereocenters. The third-order valence-electron chi connectivity index (χ3n) is 3.49. The summed E-state index contributed by atoms with van der Waals surface area (Å²) in [6, 6.07) is 3.18. The zero-order valence-corrected chi connectivity index (χ0v) is 11.9. The molecule has 0 saturated carbocycles. The molecular formula is C14H20N2O4. The highest BCUT2D eigenvalue weighted by atomic mass is 16.5. The molecule has 0 aliphatic carbocycles. The van der Waals surface area contributed by atoms with Crippen molar-refractivity contribution in [3.8, 4) is 11.5 Å². The summed E-state index contributed by atoms with van der Waals surface area (Å²) in [6.45, 7) is 2.60. The molecule has 0 aromatic heterocycles. The summed E-state index contributed by atoms with van der Waals surface area (Å²) in [7, 11) is 3.04. The van der Waals surface area contributed by atoms with Gasteiger partial charge in [0.25, 0.3) is 5.91 Å². The molecule has 20 heavy (non-hydrogen) atoms. The first-order valence-corrected chi connectivity index (χ1v) is 6.50. The number of carbonyl (C=O) groups is 1. The molecule has 1 saturated heterocycles. The minimum atomic E-state index is -0.231. The number of carbonyl (C=O) groups excluding carboxylic acids is 1. The Balaban J connectivity index is 2.21. The quantitative estimate of drug-likeness (QED) is 0.810. The van der Waals surface area contributed by atoms with E-state index in [1.807, 2.05) is 6.92 Å². The molecule has 0 spiro atoms. The van der Waals surface area contributed by atoms with Crippen molar-refractivity contribution in [2.75, 3.05) is 26.6 Å². The second-order valence-electron chi connectivity index (χ2n) is 4.74. The Bertz CT molecular complexity index is 504. The number of amides is 1. The first-order valence-electron chi connectivity index (χ1n) is 6.50. The average molecular weight is 280 g/mol. The highest BCUT2D eigenvalue weighted by Gasteiger charge is 2.27. The maximum Gasteiger partial charge on any atom is 0.253 e. The van der Waals surface area contributed by atoms with Gasteiger partial charge in [0.15, 0.2) is 11.5 Å². The van der Waals surface area contributed by atoms with Crippen LogP contribution >= 0.6 is 0 Å². The molecule has 1 aliphatic heterocycles. The van der Waals surface area contributed by atoms with Gasteiger partial charge in [0.2, 0.25) is 0 Å². The van der Waals surface area contributed by atoms with Crippen molar-refractivity contribution < 1.29 is 19.0 Å². The van der Waals surface area contributed by atoms with E-state index in [1.165, 1.54) is 14.2 Å². The fourth-order valence-corrected chi connectivity index (χ4v) is 2.26. The Hall–Kier alpha value is -1.95. The number of benzene rings is 1. The predicted molar refractivity (Wildman–Crippen MR) is 75.2 cm³/mol. The van der Waals surface area contributed by atoms with Crippen LogP contribution in [-0.2, 0) is 4.74 Å². The van der Waals surface area contributed by atoms with Crippen LogP contribution in [-0.4, -0.2) is 38.9 Å².